The predicted molar refractivity (Wildman–Crippen MR) is 79.3 cm³/mol. The summed E-state index contributed by atoms with van der Waals surface area (Å²) in [6.45, 7) is 4.44. The normalized spacial score (nSPS) is 24.3. The molecule has 0 amide bonds. The summed E-state index contributed by atoms with van der Waals surface area (Å²) in [4.78, 5) is 4.87. The molecule has 1 heterocycles. The van der Waals surface area contributed by atoms with Crippen LogP contribution in [0.1, 0.15) is 17.5 Å². The number of anilines is 1. The van der Waals surface area contributed by atoms with Crippen molar-refractivity contribution in [3.05, 3.63) is 23.3 Å². The Bertz CT molecular complexity index is 469. The van der Waals surface area contributed by atoms with Gasteiger partial charge in [-0.15, -0.1) is 0 Å². The van der Waals surface area contributed by atoms with Crippen molar-refractivity contribution in [3.8, 4) is 5.75 Å². The monoisotopic (exact) mass is 320 g/mol. The number of phenols is 1. The van der Waals surface area contributed by atoms with E-state index in [4.69, 9.17) is 0 Å². The van der Waals surface area contributed by atoms with Crippen LogP contribution in [0.2, 0.25) is 4.71 Å². The van der Waals surface area contributed by atoms with Gasteiger partial charge >= 0.3 is 124 Å². The Hall–Kier alpha value is -0.662. The molecule has 1 aliphatic carbocycles. The Labute approximate surface area is 124 Å². The van der Waals surface area contributed by atoms with E-state index in [1.807, 2.05) is 6.07 Å². The first-order valence-electron chi connectivity index (χ1n) is 7.10. The fraction of sp³-hybridized carbons (Fsp3) is 0.600. The molecular weight excluding hydrogens is 299 g/mol. The zero-order valence-electron chi connectivity index (χ0n) is 11.5. The number of fused-ring (bicyclic) bond motifs is 1. The van der Waals surface area contributed by atoms with Crippen LogP contribution in [-0.2, 0) is 12.8 Å². The fourth-order valence-corrected chi connectivity index (χ4v) is 3.82. The van der Waals surface area contributed by atoms with Crippen molar-refractivity contribution in [3.63, 3.8) is 0 Å². The number of hydrogen-bond donors (Lipinski definition) is 1. The number of phenolic OH excluding ortho intramolecular Hbond substituents is 1. The van der Waals surface area contributed by atoms with E-state index >= 15 is 0 Å². The second-order valence-electron chi connectivity index (χ2n) is 5.75. The number of hydrogen-bond acceptors (Lipinski definition) is 3. The maximum absolute atomic E-state index is 10.1. The Morgan fingerprint density at radius 2 is 1.89 bits per heavy atom. The molecule has 1 N–H and O–H groups in total. The Morgan fingerprint density at radius 1 is 1.16 bits per heavy atom. The molecule has 0 aromatic heterocycles. The van der Waals surface area contributed by atoms with Gasteiger partial charge in [0.05, 0.1) is 0 Å². The van der Waals surface area contributed by atoms with Crippen LogP contribution in [0.4, 0.5) is 5.69 Å². The molecule has 0 saturated carbocycles. The molecule has 1 atom stereocenters. The van der Waals surface area contributed by atoms with E-state index < -0.39 is 0 Å². The summed E-state index contributed by atoms with van der Waals surface area (Å²) < 4.78 is 0.674. The quantitative estimate of drug-likeness (QED) is 0.796. The predicted octanol–water partition coefficient (Wildman–Crippen LogP) is 1.59. The van der Waals surface area contributed by atoms with Crippen molar-refractivity contribution in [2.24, 2.45) is 0 Å². The number of piperazine rings is 1. The molecule has 2 radical (unpaired) electrons. The first-order valence-corrected chi connectivity index (χ1v) is 8.19. The topological polar surface area (TPSA) is 26.7 Å². The second kappa shape index (κ2) is 5.38. The van der Waals surface area contributed by atoms with E-state index in [9.17, 15) is 5.11 Å². The third kappa shape index (κ3) is 2.64. The number of nitrogens with zero attached hydrogens (tertiary/aromatic N) is 2. The molecule has 1 unspecified atom stereocenters. The van der Waals surface area contributed by atoms with Crippen molar-refractivity contribution >= 4 is 22.5 Å². The van der Waals surface area contributed by atoms with E-state index in [0.29, 0.717) is 10.5 Å². The van der Waals surface area contributed by atoms with Gasteiger partial charge in [-0.1, -0.05) is 0 Å². The zero-order valence-corrected chi connectivity index (χ0v) is 13.3. The second-order valence-corrected chi connectivity index (χ2v) is 7.28. The first kappa shape index (κ1) is 13.3. The van der Waals surface area contributed by atoms with Gasteiger partial charge in [0, 0.05) is 0 Å². The molecule has 1 fully saturated rings. The summed E-state index contributed by atoms with van der Waals surface area (Å²) >= 11 is 2.79. The summed E-state index contributed by atoms with van der Waals surface area (Å²) in [5.74, 6) is 0.493. The van der Waals surface area contributed by atoms with Crippen LogP contribution >= 0.6 is 0 Å². The van der Waals surface area contributed by atoms with Crippen LogP contribution in [0.25, 0.3) is 0 Å². The van der Waals surface area contributed by atoms with E-state index in [1.54, 1.807) is 0 Å². The van der Waals surface area contributed by atoms with Gasteiger partial charge in [-0.25, -0.2) is 0 Å². The SMILES string of the molecule is CN1CCN(c2ccc(O)c3c2CC([As])CC3)CC1. The minimum atomic E-state index is 0.493. The van der Waals surface area contributed by atoms with Gasteiger partial charge in [0.25, 0.3) is 0 Å². The van der Waals surface area contributed by atoms with Crippen molar-refractivity contribution in [1.29, 1.82) is 0 Å². The molecule has 102 valence electrons. The van der Waals surface area contributed by atoms with Gasteiger partial charge < -0.3 is 0 Å². The third-order valence-corrected chi connectivity index (χ3v) is 5.32. The first-order chi connectivity index (χ1) is 9.15. The molecule has 1 aromatic rings. The third-order valence-electron chi connectivity index (χ3n) is 4.39. The standard InChI is InChI=1S/C15H21AsN2O/c1-17-6-8-18(9-7-17)14-4-5-15(19)12-3-2-11(16)10-13(12)14/h4-5,11,19H,2-3,6-10H2,1H3. The number of aromatic hydroxyl groups is 1. The van der Waals surface area contributed by atoms with Crippen LogP contribution in [0.15, 0.2) is 12.1 Å². The minimum absolute atomic E-state index is 0.493. The zero-order chi connectivity index (χ0) is 13.4. The van der Waals surface area contributed by atoms with E-state index in [1.165, 1.54) is 23.2 Å². The van der Waals surface area contributed by atoms with Gasteiger partial charge in [0.2, 0.25) is 0 Å². The average molecular weight is 320 g/mol. The summed E-state index contributed by atoms with van der Waals surface area (Å²) in [7, 11) is 2.18. The van der Waals surface area contributed by atoms with E-state index in [2.05, 4.69) is 39.8 Å². The van der Waals surface area contributed by atoms with Crippen molar-refractivity contribution in [2.45, 2.75) is 24.0 Å². The average Bonchev–Trinajstić information content (AvgIpc) is 2.40. The molecule has 4 heteroatoms. The van der Waals surface area contributed by atoms with E-state index in [-0.39, 0.29) is 0 Å². The van der Waals surface area contributed by atoms with Gasteiger partial charge in [-0.3, -0.25) is 0 Å². The molecule has 0 spiro atoms. The van der Waals surface area contributed by atoms with Crippen LogP contribution < -0.4 is 4.90 Å². The molecule has 19 heavy (non-hydrogen) atoms. The Kier molecular flexibility index (Phi) is 3.77. The number of rotatable bonds is 1. The summed E-state index contributed by atoms with van der Waals surface area (Å²) in [6, 6.07) is 4.00. The van der Waals surface area contributed by atoms with Crippen molar-refractivity contribution < 1.29 is 5.11 Å². The molecule has 2 aliphatic rings. The molecule has 1 aliphatic heterocycles. The van der Waals surface area contributed by atoms with Crippen LogP contribution in [0.3, 0.4) is 0 Å². The molecule has 0 bridgehead atoms. The van der Waals surface area contributed by atoms with Gasteiger partial charge in [0.1, 0.15) is 0 Å². The molecule has 3 nitrogen and oxygen atoms in total. The summed E-state index contributed by atoms with van der Waals surface area (Å²) in [5, 5.41) is 10.1. The van der Waals surface area contributed by atoms with Crippen molar-refractivity contribution in [2.75, 3.05) is 38.1 Å². The molecule has 1 aromatic carbocycles. The Morgan fingerprint density at radius 3 is 2.63 bits per heavy atom. The van der Waals surface area contributed by atoms with Crippen LogP contribution in [-0.4, -0.2) is 60.1 Å². The summed E-state index contributed by atoms with van der Waals surface area (Å²) in [5.41, 5.74) is 3.94. The maximum atomic E-state index is 10.1. The van der Waals surface area contributed by atoms with E-state index in [0.717, 1.165) is 39.0 Å². The van der Waals surface area contributed by atoms with Crippen LogP contribution in [0.5, 0.6) is 5.75 Å². The molecule has 3 rings (SSSR count). The van der Waals surface area contributed by atoms with Gasteiger partial charge in [-0.2, -0.15) is 0 Å². The van der Waals surface area contributed by atoms with Gasteiger partial charge in [0.15, 0.2) is 0 Å². The number of likely N-dealkylation sites (N-methyl/N-ethyl adjacent to an activating group) is 1. The fourth-order valence-electron chi connectivity index (χ4n) is 3.17. The Balaban J connectivity index is 1.93. The number of benzene rings is 1. The van der Waals surface area contributed by atoms with Crippen molar-refractivity contribution in [1.82, 2.24) is 4.90 Å². The molecule has 1 saturated heterocycles. The summed E-state index contributed by atoms with van der Waals surface area (Å²) in [6.07, 6.45) is 3.28. The van der Waals surface area contributed by atoms with Gasteiger partial charge in [-0.05, 0) is 0 Å². The molecular formula is C15H21AsN2O. The van der Waals surface area contributed by atoms with Crippen LogP contribution in [0, 0.1) is 0 Å².